The summed E-state index contributed by atoms with van der Waals surface area (Å²) in [6, 6.07) is 7.36. The molecule has 1 atom stereocenters. The largest absolute Gasteiger partial charge is 0.295 e. The zero-order valence-electron chi connectivity index (χ0n) is 12.9. The predicted molar refractivity (Wildman–Crippen MR) is 94.5 cm³/mol. The Hall–Kier alpha value is -0.990. The molecular weight excluding hydrogens is 371 g/mol. The topological polar surface area (TPSA) is 49.4 Å². The Morgan fingerprint density at radius 3 is 2.62 bits per heavy atom. The number of sulfonamides is 1. The molecule has 130 valence electrons. The fraction of sp³-hybridized carbons (Fsp3) is 0.375. The van der Waals surface area contributed by atoms with Gasteiger partial charge in [0.25, 0.3) is 0 Å². The van der Waals surface area contributed by atoms with Crippen molar-refractivity contribution >= 4 is 33.0 Å². The molecule has 24 heavy (non-hydrogen) atoms. The minimum atomic E-state index is -3.60. The van der Waals surface area contributed by atoms with Crippen LogP contribution in [0.15, 0.2) is 39.9 Å². The number of hydrogen-bond donors (Lipinski definition) is 1. The summed E-state index contributed by atoms with van der Waals surface area (Å²) in [5, 5.41) is 2.03. The van der Waals surface area contributed by atoms with Crippen LogP contribution in [-0.4, -0.2) is 33.0 Å². The van der Waals surface area contributed by atoms with Crippen LogP contribution in [0.4, 0.5) is 4.39 Å². The zero-order valence-corrected chi connectivity index (χ0v) is 15.3. The molecule has 1 unspecified atom stereocenters. The Labute approximate surface area is 150 Å². The van der Waals surface area contributed by atoms with Crippen LogP contribution in [0, 0.1) is 5.82 Å². The predicted octanol–water partition coefficient (Wildman–Crippen LogP) is 3.66. The van der Waals surface area contributed by atoms with Crippen LogP contribution in [0.3, 0.4) is 0 Å². The fourth-order valence-corrected chi connectivity index (χ4v) is 5.34. The monoisotopic (exact) mass is 388 g/mol. The Kier molecular flexibility index (Phi) is 5.56. The van der Waals surface area contributed by atoms with E-state index in [-0.39, 0.29) is 10.8 Å². The van der Waals surface area contributed by atoms with Gasteiger partial charge in [-0.25, -0.2) is 17.5 Å². The maximum Gasteiger partial charge on any atom is 0.250 e. The highest BCUT2D eigenvalue weighted by Gasteiger charge is 2.29. The molecule has 2 aromatic rings. The molecule has 1 aromatic heterocycles. The van der Waals surface area contributed by atoms with Gasteiger partial charge in [0.2, 0.25) is 10.0 Å². The molecule has 0 amide bonds. The van der Waals surface area contributed by atoms with Crippen molar-refractivity contribution in [2.24, 2.45) is 0 Å². The van der Waals surface area contributed by atoms with Crippen molar-refractivity contribution in [1.82, 2.24) is 9.62 Å². The summed E-state index contributed by atoms with van der Waals surface area (Å²) in [4.78, 5) is 2.08. The molecule has 1 aliphatic rings. The van der Waals surface area contributed by atoms with E-state index >= 15 is 0 Å². The number of rotatable bonds is 6. The van der Waals surface area contributed by atoms with Gasteiger partial charge in [-0.1, -0.05) is 23.7 Å². The summed E-state index contributed by atoms with van der Waals surface area (Å²) >= 11 is 7.36. The molecule has 1 aliphatic heterocycles. The molecular formula is C16H18ClFN2O2S2. The van der Waals surface area contributed by atoms with Crippen LogP contribution in [-0.2, 0) is 10.0 Å². The highest BCUT2D eigenvalue weighted by Crippen LogP contribution is 2.32. The van der Waals surface area contributed by atoms with E-state index in [1.165, 1.54) is 6.07 Å². The Balaban J connectivity index is 1.86. The van der Waals surface area contributed by atoms with E-state index in [4.69, 9.17) is 11.6 Å². The first-order valence-electron chi connectivity index (χ1n) is 7.70. The first-order valence-corrected chi connectivity index (χ1v) is 10.4. The van der Waals surface area contributed by atoms with Gasteiger partial charge in [0.1, 0.15) is 10.0 Å². The average molecular weight is 389 g/mol. The molecule has 1 saturated heterocycles. The quantitative estimate of drug-likeness (QED) is 0.821. The fourth-order valence-electron chi connectivity index (χ4n) is 2.97. The van der Waals surface area contributed by atoms with Crippen LogP contribution in [0.1, 0.15) is 24.4 Å². The van der Waals surface area contributed by atoms with Crippen molar-refractivity contribution in [1.29, 1.82) is 0 Å². The Bertz CT molecular complexity index is 770. The third-order valence-electron chi connectivity index (χ3n) is 4.14. The van der Waals surface area contributed by atoms with Crippen LogP contribution in [0.25, 0.3) is 0 Å². The molecule has 1 aromatic carbocycles. The summed E-state index contributed by atoms with van der Waals surface area (Å²) < 4.78 is 42.0. The van der Waals surface area contributed by atoms with Crippen LogP contribution in [0.5, 0.6) is 0 Å². The average Bonchev–Trinajstić information content (AvgIpc) is 3.23. The van der Waals surface area contributed by atoms with Gasteiger partial charge >= 0.3 is 0 Å². The molecule has 0 saturated carbocycles. The SMILES string of the molecule is O=S(=O)(NCC(c1c(F)cccc1Cl)N1CCCC1)c1cccs1. The van der Waals surface area contributed by atoms with Crippen molar-refractivity contribution < 1.29 is 12.8 Å². The van der Waals surface area contributed by atoms with Crippen LogP contribution < -0.4 is 4.72 Å². The second kappa shape index (κ2) is 7.49. The van der Waals surface area contributed by atoms with Gasteiger partial charge in [0.15, 0.2) is 0 Å². The minimum absolute atomic E-state index is 0.0842. The van der Waals surface area contributed by atoms with E-state index in [1.54, 1.807) is 29.6 Å². The highest BCUT2D eigenvalue weighted by atomic mass is 35.5. The lowest BCUT2D eigenvalue weighted by Crippen LogP contribution is -2.37. The normalized spacial score (nSPS) is 17.2. The first kappa shape index (κ1) is 17.8. The van der Waals surface area contributed by atoms with Crippen molar-refractivity contribution in [3.05, 3.63) is 52.1 Å². The number of likely N-dealkylation sites (tertiary alicyclic amines) is 1. The van der Waals surface area contributed by atoms with E-state index in [0.29, 0.717) is 10.6 Å². The second-order valence-corrected chi connectivity index (χ2v) is 9.03. The van der Waals surface area contributed by atoms with Crippen LogP contribution in [0.2, 0.25) is 5.02 Å². The van der Waals surface area contributed by atoms with Crippen molar-refractivity contribution in [3.63, 3.8) is 0 Å². The van der Waals surface area contributed by atoms with Crippen molar-refractivity contribution in [3.8, 4) is 0 Å². The molecule has 0 radical (unpaired) electrons. The molecule has 3 rings (SSSR count). The lowest BCUT2D eigenvalue weighted by molar-refractivity contribution is 0.241. The highest BCUT2D eigenvalue weighted by molar-refractivity contribution is 7.91. The molecule has 0 spiro atoms. The number of halogens is 2. The Morgan fingerprint density at radius 1 is 1.25 bits per heavy atom. The lowest BCUT2D eigenvalue weighted by Gasteiger charge is -2.29. The summed E-state index contributed by atoms with van der Waals surface area (Å²) in [6.07, 6.45) is 2.03. The smallest absolute Gasteiger partial charge is 0.250 e. The summed E-state index contributed by atoms with van der Waals surface area (Å²) in [7, 11) is -3.60. The Morgan fingerprint density at radius 2 is 2.00 bits per heavy atom. The van der Waals surface area contributed by atoms with Gasteiger partial charge in [0, 0.05) is 17.1 Å². The van der Waals surface area contributed by atoms with Gasteiger partial charge in [0.05, 0.1) is 6.04 Å². The zero-order chi connectivity index (χ0) is 17.2. The van der Waals surface area contributed by atoms with Gasteiger partial charge in [-0.05, 0) is 49.5 Å². The summed E-state index contributed by atoms with van der Waals surface area (Å²) in [5.74, 6) is -0.408. The molecule has 0 bridgehead atoms. The molecule has 4 nitrogen and oxygen atoms in total. The van der Waals surface area contributed by atoms with E-state index in [0.717, 1.165) is 37.3 Å². The van der Waals surface area contributed by atoms with Gasteiger partial charge in [-0.2, -0.15) is 0 Å². The maximum atomic E-state index is 14.4. The summed E-state index contributed by atoms with van der Waals surface area (Å²) in [6.45, 7) is 1.69. The minimum Gasteiger partial charge on any atom is -0.295 e. The van der Waals surface area contributed by atoms with Gasteiger partial charge < -0.3 is 0 Å². The second-order valence-electron chi connectivity index (χ2n) is 5.68. The number of hydrogen-bond acceptors (Lipinski definition) is 4. The van der Waals surface area contributed by atoms with Crippen molar-refractivity contribution in [2.45, 2.75) is 23.1 Å². The molecule has 1 N–H and O–H groups in total. The van der Waals surface area contributed by atoms with Gasteiger partial charge in [-0.15, -0.1) is 11.3 Å². The van der Waals surface area contributed by atoms with Crippen LogP contribution >= 0.6 is 22.9 Å². The van der Waals surface area contributed by atoms with E-state index in [9.17, 15) is 12.8 Å². The van der Waals surface area contributed by atoms with E-state index in [2.05, 4.69) is 9.62 Å². The first-order chi connectivity index (χ1) is 11.5. The van der Waals surface area contributed by atoms with Gasteiger partial charge in [-0.3, -0.25) is 4.90 Å². The third-order valence-corrected chi connectivity index (χ3v) is 7.29. The van der Waals surface area contributed by atoms with E-state index < -0.39 is 21.9 Å². The molecule has 0 aliphatic carbocycles. The number of nitrogens with zero attached hydrogens (tertiary/aromatic N) is 1. The number of benzene rings is 1. The maximum absolute atomic E-state index is 14.4. The molecule has 8 heteroatoms. The standard InChI is InChI=1S/C16H18ClFN2O2S2/c17-12-5-3-6-13(18)16(12)14(20-8-1-2-9-20)11-19-24(21,22)15-7-4-10-23-15/h3-7,10,14,19H,1-2,8-9,11H2. The lowest BCUT2D eigenvalue weighted by atomic mass is 10.0. The molecule has 2 heterocycles. The summed E-state index contributed by atoms with van der Waals surface area (Å²) in [5.41, 5.74) is 0.356. The third kappa shape index (κ3) is 3.81. The van der Waals surface area contributed by atoms with Crippen molar-refractivity contribution in [2.75, 3.05) is 19.6 Å². The molecule has 1 fully saturated rings. The number of thiophene rings is 1. The number of nitrogens with one attached hydrogen (secondary N) is 1. The van der Waals surface area contributed by atoms with E-state index in [1.807, 2.05) is 0 Å².